The van der Waals surface area contributed by atoms with Gasteiger partial charge in [0.15, 0.2) is 11.5 Å². The summed E-state index contributed by atoms with van der Waals surface area (Å²) in [5.41, 5.74) is 2.51. The average Bonchev–Trinajstić information content (AvgIpc) is 3.18. The number of furan rings is 1. The summed E-state index contributed by atoms with van der Waals surface area (Å²) in [4.78, 5) is 14.8. The number of aryl methyl sites for hydroxylation is 1. The molecule has 2 heterocycles. The molecule has 1 unspecified atom stereocenters. The second kappa shape index (κ2) is 7.43. The first-order valence-electron chi connectivity index (χ1n) is 9.36. The van der Waals surface area contributed by atoms with E-state index in [9.17, 15) is 4.79 Å². The molecule has 1 aliphatic heterocycles. The molecule has 0 N–H and O–H groups in total. The van der Waals surface area contributed by atoms with E-state index in [0.29, 0.717) is 18.8 Å². The summed E-state index contributed by atoms with van der Waals surface area (Å²) in [6.07, 6.45) is 0. The summed E-state index contributed by atoms with van der Waals surface area (Å²) in [6, 6.07) is 17.1. The van der Waals surface area contributed by atoms with E-state index >= 15 is 0 Å². The minimum Gasteiger partial charge on any atom is -0.486 e. The lowest BCUT2D eigenvalue weighted by Crippen LogP contribution is -2.29. The molecular formula is C23H23NO4. The minimum absolute atomic E-state index is 0.0486. The molecule has 1 amide bonds. The van der Waals surface area contributed by atoms with Gasteiger partial charge in [0.1, 0.15) is 24.7 Å². The molecule has 0 spiro atoms. The molecule has 3 aromatic rings. The molecular weight excluding hydrogens is 354 g/mol. The van der Waals surface area contributed by atoms with Gasteiger partial charge in [0.25, 0.3) is 5.91 Å². The van der Waals surface area contributed by atoms with Crippen LogP contribution in [0.1, 0.15) is 34.6 Å². The fourth-order valence-electron chi connectivity index (χ4n) is 3.32. The van der Waals surface area contributed by atoms with Crippen molar-refractivity contribution in [3.05, 3.63) is 71.5 Å². The Hall–Kier alpha value is -3.21. The van der Waals surface area contributed by atoms with Crippen LogP contribution in [0, 0.1) is 6.92 Å². The Labute approximate surface area is 164 Å². The number of hydrogen-bond acceptors (Lipinski definition) is 4. The van der Waals surface area contributed by atoms with Gasteiger partial charge in [-0.25, -0.2) is 0 Å². The Balaban J connectivity index is 1.56. The summed E-state index contributed by atoms with van der Waals surface area (Å²) in [7, 11) is 1.81. The molecule has 1 aliphatic rings. The van der Waals surface area contributed by atoms with E-state index in [0.717, 1.165) is 34.1 Å². The Kier molecular flexibility index (Phi) is 4.82. The first-order valence-corrected chi connectivity index (χ1v) is 9.36. The van der Waals surface area contributed by atoms with Crippen molar-refractivity contribution < 1.29 is 18.7 Å². The van der Waals surface area contributed by atoms with E-state index in [4.69, 9.17) is 13.9 Å². The molecule has 0 aliphatic carbocycles. The van der Waals surface area contributed by atoms with Crippen LogP contribution < -0.4 is 9.47 Å². The summed E-state index contributed by atoms with van der Waals surface area (Å²) in [5, 5.41) is 0. The molecule has 0 bridgehead atoms. The number of amides is 1. The average molecular weight is 377 g/mol. The van der Waals surface area contributed by atoms with Crippen LogP contribution in [-0.4, -0.2) is 31.1 Å². The van der Waals surface area contributed by atoms with Crippen molar-refractivity contribution in [3.8, 4) is 22.8 Å². The number of fused-ring (bicyclic) bond motifs is 1. The van der Waals surface area contributed by atoms with Crippen LogP contribution in [0.5, 0.6) is 11.5 Å². The normalized spacial score (nSPS) is 13.8. The standard InChI is InChI=1S/C23H23NO4/c1-15-7-9-20(28-15)18-5-4-6-19(13-18)23(25)24(3)16(2)17-8-10-21-22(14-17)27-12-11-26-21/h4-10,13-14,16H,11-12H2,1-3H3. The van der Waals surface area contributed by atoms with Gasteiger partial charge in [-0.05, 0) is 55.8 Å². The molecule has 0 fully saturated rings. The van der Waals surface area contributed by atoms with Crippen LogP contribution in [0.2, 0.25) is 0 Å². The summed E-state index contributed by atoms with van der Waals surface area (Å²) < 4.78 is 16.9. The van der Waals surface area contributed by atoms with Crippen LogP contribution in [0.4, 0.5) is 0 Å². The predicted octanol–water partition coefficient (Wildman–Crippen LogP) is 4.86. The number of hydrogen-bond donors (Lipinski definition) is 0. The van der Waals surface area contributed by atoms with Crippen LogP contribution in [0.25, 0.3) is 11.3 Å². The molecule has 144 valence electrons. The monoisotopic (exact) mass is 377 g/mol. The van der Waals surface area contributed by atoms with E-state index in [1.54, 1.807) is 4.90 Å². The van der Waals surface area contributed by atoms with Crippen molar-refractivity contribution >= 4 is 5.91 Å². The zero-order valence-corrected chi connectivity index (χ0v) is 16.3. The van der Waals surface area contributed by atoms with Crippen molar-refractivity contribution in [3.63, 3.8) is 0 Å². The maximum atomic E-state index is 13.1. The molecule has 0 saturated heterocycles. The summed E-state index contributed by atoms with van der Waals surface area (Å²) in [6.45, 7) is 5.01. The fourth-order valence-corrected chi connectivity index (χ4v) is 3.32. The zero-order chi connectivity index (χ0) is 19.7. The van der Waals surface area contributed by atoms with Crippen LogP contribution in [0.3, 0.4) is 0 Å². The Morgan fingerprint density at radius 3 is 2.54 bits per heavy atom. The lowest BCUT2D eigenvalue weighted by atomic mass is 10.0. The van der Waals surface area contributed by atoms with Gasteiger partial charge in [-0.3, -0.25) is 4.79 Å². The second-order valence-electron chi connectivity index (χ2n) is 6.99. The van der Waals surface area contributed by atoms with Gasteiger partial charge < -0.3 is 18.8 Å². The number of carbonyl (C=O) groups excluding carboxylic acids is 1. The second-order valence-corrected chi connectivity index (χ2v) is 6.99. The lowest BCUT2D eigenvalue weighted by Gasteiger charge is -2.27. The highest BCUT2D eigenvalue weighted by molar-refractivity contribution is 5.95. The zero-order valence-electron chi connectivity index (χ0n) is 16.3. The third-order valence-corrected chi connectivity index (χ3v) is 5.08. The molecule has 0 saturated carbocycles. The van der Waals surface area contributed by atoms with Gasteiger partial charge in [0, 0.05) is 18.2 Å². The van der Waals surface area contributed by atoms with E-state index in [1.165, 1.54) is 0 Å². The van der Waals surface area contributed by atoms with Gasteiger partial charge in [-0.15, -0.1) is 0 Å². The van der Waals surface area contributed by atoms with Crippen LogP contribution in [-0.2, 0) is 0 Å². The van der Waals surface area contributed by atoms with Gasteiger partial charge in [0.05, 0.1) is 6.04 Å². The van der Waals surface area contributed by atoms with Crippen LogP contribution >= 0.6 is 0 Å². The van der Waals surface area contributed by atoms with Crippen molar-refractivity contribution in [1.29, 1.82) is 0 Å². The van der Waals surface area contributed by atoms with Crippen molar-refractivity contribution in [2.45, 2.75) is 19.9 Å². The maximum Gasteiger partial charge on any atom is 0.254 e. The number of rotatable bonds is 4. The molecule has 2 aromatic carbocycles. The highest BCUT2D eigenvalue weighted by Gasteiger charge is 2.22. The maximum absolute atomic E-state index is 13.1. The first-order chi connectivity index (χ1) is 13.5. The van der Waals surface area contributed by atoms with Crippen molar-refractivity contribution in [1.82, 2.24) is 4.90 Å². The molecule has 5 heteroatoms. The van der Waals surface area contributed by atoms with Gasteiger partial charge in [-0.1, -0.05) is 18.2 Å². The number of nitrogens with zero attached hydrogens (tertiary/aromatic N) is 1. The lowest BCUT2D eigenvalue weighted by molar-refractivity contribution is 0.0742. The Morgan fingerprint density at radius 2 is 1.79 bits per heavy atom. The summed E-state index contributed by atoms with van der Waals surface area (Å²) >= 11 is 0. The largest absolute Gasteiger partial charge is 0.486 e. The summed E-state index contributed by atoms with van der Waals surface area (Å²) in [5.74, 6) is 3.03. The fraction of sp³-hybridized carbons (Fsp3) is 0.261. The van der Waals surface area contributed by atoms with Gasteiger partial charge in [0.2, 0.25) is 0 Å². The van der Waals surface area contributed by atoms with E-state index < -0.39 is 0 Å². The molecule has 28 heavy (non-hydrogen) atoms. The third kappa shape index (κ3) is 3.48. The molecule has 0 radical (unpaired) electrons. The van der Waals surface area contributed by atoms with Crippen molar-refractivity contribution in [2.24, 2.45) is 0 Å². The highest BCUT2D eigenvalue weighted by Crippen LogP contribution is 2.34. The number of ether oxygens (including phenoxy) is 2. The molecule has 1 atom stereocenters. The molecule has 4 rings (SSSR count). The first kappa shape index (κ1) is 18.2. The quantitative estimate of drug-likeness (QED) is 0.652. The van der Waals surface area contributed by atoms with E-state index in [2.05, 4.69) is 0 Å². The molecule has 1 aromatic heterocycles. The topological polar surface area (TPSA) is 51.9 Å². The minimum atomic E-state index is -0.113. The molecule has 5 nitrogen and oxygen atoms in total. The SMILES string of the molecule is Cc1ccc(-c2cccc(C(=O)N(C)C(C)c3ccc4c(c3)OCCO4)c2)o1. The van der Waals surface area contributed by atoms with Gasteiger partial charge in [-0.2, -0.15) is 0 Å². The third-order valence-electron chi connectivity index (χ3n) is 5.08. The number of carbonyl (C=O) groups is 1. The van der Waals surface area contributed by atoms with Crippen molar-refractivity contribution in [2.75, 3.05) is 20.3 Å². The van der Waals surface area contributed by atoms with E-state index in [-0.39, 0.29) is 11.9 Å². The van der Waals surface area contributed by atoms with Gasteiger partial charge >= 0.3 is 0 Å². The predicted molar refractivity (Wildman–Crippen MR) is 107 cm³/mol. The smallest absolute Gasteiger partial charge is 0.254 e. The number of benzene rings is 2. The van der Waals surface area contributed by atoms with E-state index in [1.807, 2.05) is 75.5 Å². The Morgan fingerprint density at radius 1 is 1.00 bits per heavy atom. The van der Waals surface area contributed by atoms with Crippen LogP contribution in [0.15, 0.2) is 59.0 Å². The highest BCUT2D eigenvalue weighted by atomic mass is 16.6. The Bertz CT molecular complexity index is 1010.